The molecule has 0 amide bonds. The lowest BCUT2D eigenvalue weighted by atomic mass is 10.2. The number of aromatic hydroxyl groups is 1. The van der Waals surface area contributed by atoms with Crippen molar-refractivity contribution >= 4 is 5.82 Å². The fourth-order valence-electron chi connectivity index (χ4n) is 1.47. The second-order valence-corrected chi connectivity index (χ2v) is 3.53. The molecule has 1 aromatic carbocycles. The summed E-state index contributed by atoms with van der Waals surface area (Å²) in [5, 5.41) is 13.4. The molecule has 0 saturated heterocycles. The van der Waals surface area contributed by atoms with Crippen LogP contribution in [0, 0.1) is 6.92 Å². The van der Waals surface area contributed by atoms with E-state index in [1.54, 1.807) is 16.8 Å². The SMILES string of the molecule is Cc1cc(N)n(Cc2ccc(O)cc2)n1. The number of hydrogen-bond acceptors (Lipinski definition) is 3. The number of phenols is 1. The number of aromatic nitrogens is 2. The van der Waals surface area contributed by atoms with E-state index in [2.05, 4.69) is 5.10 Å². The zero-order valence-electron chi connectivity index (χ0n) is 8.51. The van der Waals surface area contributed by atoms with Crippen LogP contribution >= 0.6 is 0 Å². The van der Waals surface area contributed by atoms with Gasteiger partial charge >= 0.3 is 0 Å². The van der Waals surface area contributed by atoms with Gasteiger partial charge in [-0.25, -0.2) is 4.68 Å². The molecule has 0 aliphatic heterocycles. The van der Waals surface area contributed by atoms with Crippen LogP contribution < -0.4 is 5.73 Å². The lowest BCUT2D eigenvalue weighted by Crippen LogP contribution is -2.05. The second-order valence-electron chi connectivity index (χ2n) is 3.53. The number of rotatable bonds is 2. The van der Waals surface area contributed by atoms with Gasteiger partial charge in [-0.1, -0.05) is 12.1 Å². The molecular weight excluding hydrogens is 190 g/mol. The van der Waals surface area contributed by atoms with Crippen molar-refractivity contribution in [3.8, 4) is 5.75 Å². The highest BCUT2D eigenvalue weighted by atomic mass is 16.3. The molecule has 0 unspecified atom stereocenters. The van der Waals surface area contributed by atoms with Crippen molar-refractivity contribution in [2.75, 3.05) is 5.73 Å². The molecule has 0 fully saturated rings. The summed E-state index contributed by atoms with van der Waals surface area (Å²) in [6, 6.07) is 8.85. The molecule has 0 saturated carbocycles. The molecular formula is C11H13N3O. The van der Waals surface area contributed by atoms with Crippen molar-refractivity contribution in [3.63, 3.8) is 0 Å². The highest BCUT2D eigenvalue weighted by molar-refractivity contribution is 5.32. The molecule has 3 N–H and O–H groups in total. The Balaban J connectivity index is 2.21. The molecule has 0 bridgehead atoms. The summed E-state index contributed by atoms with van der Waals surface area (Å²) < 4.78 is 1.74. The van der Waals surface area contributed by atoms with Crippen molar-refractivity contribution in [3.05, 3.63) is 41.6 Å². The standard InChI is InChI=1S/C11H13N3O/c1-8-6-11(12)14(13-8)7-9-2-4-10(15)5-3-9/h2-6,15H,7,12H2,1H3. The average molecular weight is 203 g/mol. The Morgan fingerprint density at radius 2 is 2.00 bits per heavy atom. The van der Waals surface area contributed by atoms with Gasteiger partial charge in [0.05, 0.1) is 12.2 Å². The van der Waals surface area contributed by atoms with Crippen LogP contribution in [-0.4, -0.2) is 14.9 Å². The lowest BCUT2D eigenvalue weighted by molar-refractivity contribution is 0.475. The predicted molar refractivity (Wildman–Crippen MR) is 58.6 cm³/mol. The fourth-order valence-corrected chi connectivity index (χ4v) is 1.47. The number of nitrogens with two attached hydrogens (primary N) is 1. The first-order valence-electron chi connectivity index (χ1n) is 4.73. The molecule has 0 spiro atoms. The topological polar surface area (TPSA) is 64.1 Å². The van der Waals surface area contributed by atoms with Crippen molar-refractivity contribution in [2.24, 2.45) is 0 Å². The molecule has 4 heteroatoms. The van der Waals surface area contributed by atoms with Gasteiger partial charge in [0, 0.05) is 6.07 Å². The van der Waals surface area contributed by atoms with Gasteiger partial charge in [-0.2, -0.15) is 5.10 Å². The van der Waals surface area contributed by atoms with Crippen LogP contribution in [0.4, 0.5) is 5.82 Å². The summed E-state index contributed by atoms with van der Waals surface area (Å²) in [7, 11) is 0. The third-order valence-corrected chi connectivity index (χ3v) is 2.20. The largest absolute Gasteiger partial charge is 0.508 e. The summed E-state index contributed by atoms with van der Waals surface area (Å²) in [5.74, 6) is 0.920. The highest BCUT2D eigenvalue weighted by Gasteiger charge is 2.02. The molecule has 2 rings (SSSR count). The monoisotopic (exact) mass is 203 g/mol. The molecule has 0 atom stereocenters. The molecule has 0 aliphatic rings. The Bertz CT molecular complexity index is 459. The number of nitrogen functional groups attached to an aromatic ring is 1. The van der Waals surface area contributed by atoms with Crippen LogP contribution in [-0.2, 0) is 6.54 Å². The Morgan fingerprint density at radius 1 is 1.33 bits per heavy atom. The first-order valence-corrected chi connectivity index (χ1v) is 4.73. The number of hydrogen-bond donors (Lipinski definition) is 2. The maximum atomic E-state index is 9.13. The first kappa shape index (κ1) is 9.58. The zero-order chi connectivity index (χ0) is 10.8. The summed E-state index contributed by atoms with van der Waals surface area (Å²) in [5.41, 5.74) is 7.74. The van der Waals surface area contributed by atoms with Gasteiger partial charge in [0.2, 0.25) is 0 Å². The van der Waals surface area contributed by atoms with Crippen LogP contribution in [0.5, 0.6) is 5.75 Å². The average Bonchev–Trinajstić information content (AvgIpc) is 2.49. The zero-order valence-corrected chi connectivity index (χ0v) is 8.51. The Labute approximate surface area is 88.0 Å². The van der Waals surface area contributed by atoms with Gasteiger partial charge in [-0.3, -0.25) is 0 Å². The van der Waals surface area contributed by atoms with E-state index < -0.39 is 0 Å². The van der Waals surface area contributed by atoms with E-state index in [0.29, 0.717) is 12.4 Å². The molecule has 15 heavy (non-hydrogen) atoms. The molecule has 0 aliphatic carbocycles. The molecule has 2 aromatic rings. The number of aryl methyl sites for hydroxylation is 1. The minimum absolute atomic E-state index is 0.267. The molecule has 0 radical (unpaired) electrons. The van der Waals surface area contributed by atoms with E-state index in [0.717, 1.165) is 11.3 Å². The van der Waals surface area contributed by atoms with E-state index in [1.807, 2.05) is 25.1 Å². The molecule has 4 nitrogen and oxygen atoms in total. The van der Waals surface area contributed by atoms with Crippen LogP contribution in [0.1, 0.15) is 11.3 Å². The number of phenolic OH excluding ortho intramolecular Hbond substituents is 1. The Hall–Kier alpha value is -1.97. The maximum Gasteiger partial charge on any atom is 0.122 e. The molecule has 1 heterocycles. The third-order valence-electron chi connectivity index (χ3n) is 2.20. The lowest BCUT2D eigenvalue weighted by Gasteiger charge is -2.04. The van der Waals surface area contributed by atoms with Gasteiger partial charge < -0.3 is 10.8 Å². The summed E-state index contributed by atoms with van der Waals surface area (Å²) in [6.45, 7) is 2.53. The summed E-state index contributed by atoms with van der Waals surface area (Å²) in [6.07, 6.45) is 0. The van der Waals surface area contributed by atoms with Crippen molar-refractivity contribution in [1.29, 1.82) is 0 Å². The minimum atomic E-state index is 0.267. The van der Waals surface area contributed by atoms with Gasteiger partial charge in [0.1, 0.15) is 11.6 Å². The van der Waals surface area contributed by atoms with Gasteiger partial charge in [-0.15, -0.1) is 0 Å². The number of anilines is 1. The summed E-state index contributed by atoms with van der Waals surface area (Å²) >= 11 is 0. The minimum Gasteiger partial charge on any atom is -0.508 e. The number of benzene rings is 1. The third kappa shape index (κ3) is 2.10. The van der Waals surface area contributed by atoms with E-state index in [1.165, 1.54) is 0 Å². The molecule has 78 valence electrons. The highest BCUT2D eigenvalue weighted by Crippen LogP contribution is 2.13. The van der Waals surface area contributed by atoms with Crippen molar-refractivity contribution < 1.29 is 5.11 Å². The van der Waals surface area contributed by atoms with E-state index in [4.69, 9.17) is 10.8 Å². The predicted octanol–water partition coefficient (Wildman–Crippen LogP) is 1.53. The second kappa shape index (κ2) is 3.65. The quantitative estimate of drug-likeness (QED) is 0.778. The van der Waals surface area contributed by atoms with Crippen LogP contribution in [0.3, 0.4) is 0 Å². The van der Waals surface area contributed by atoms with E-state index in [9.17, 15) is 0 Å². The van der Waals surface area contributed by atoms with Gasteiger partial charge in [0.25, 0.3) is 0 Å². The first-order chi connectivity index (χ1) is 7.15. The Morgan fingerprint density at radius 3 is 2.53 bits per heavy atom. The Kier molecular flexibility index (Phi) is 2.33. The van der Waals surface area contributed by atoms with Gasteiger partial charge in [0.15, 0.2) is 0 Å². The smallest absolute Gasteiger partial charge is 0.122 e. The molecule has 1 aromatic heterocycles. The maximum absolute atomic E-state index is 9.13. The van der Waals surface area contributed by atoms with Crippen LogP contribution in [0.2, 0.25) is 0 Å². The number of nitrogens with zero attached hydrogens (tertiary/aromatic N) is 2. The van der Waals surface area contributed by atoms with Gasteiger partial charge in [-0.05, 0) is 24.6 Å². The normalized spacial score (nSPS) is 10.5. The van der Waals surface area contributed by atoms with Crippen molar-refractivity contribution in [1.82, 2.24) is 9.78 Å². The van der Waals surface area contributed by atoms with Crippen LogP contribution in [0.15, 0.2) is 30.3 Å². The van der Waals surface area contributed by atoms with E-state index in [-0.39, 0.29) is 5.75 Å². The van der Waals surface area contributed by atoms with Crippen LogP contribution in [0.25, 0.3) is 0 Å². The summed E-state index contributed by atoms with van der Waals surface area (Å²) in [4.78, 5) is 0. The van der Waals surface area contributed by atoms with Crippen molar-refractivity contribution in [2.45, 2.75) is 13.5 Å². The fraction of sp³-hybridized carbons (Fsp3) is 0.182. The van der Waals surface area contributed by atoms with E-state index >= 15 is 0 Å².